The van der Waals surface area contributed by atoms with Gasteiger partial charge in [-0.15, -0.1) is 5.10 Å². The van der Waals surface area contributed by atoms with E-state index in [0.717, 1.165) is 44.7 Å². The lowest BCUT2D eigenvalue weighted by molar-refractivity contribution is 0.241. The van der Waals surface area contributed by atoms with Crippen molar-refractivity contribution in [1.29, 1.82) is 0 Å². The van der Waals surface area contributed by atoms with Crippen molar-refractivity contribution in [3.63, 3.8) is 0 Å². The molecule has 0 radical (unpaired) electrons. The first kappa shape index (κ1) is 25.0. The van der Waals surface area contributed by atoms with Crippen LogP contribution in [0.4, 0.5) is 5.69 Å². The van der Waals surface area contributed by atoms with Crippen LogP contribution in [0, 0.1) is 0 Å². The van der Waals surface area contributed by atoms with E-state index < -0.39 is 5.54 Å². The Hall–Kier alpha value is -4.35. The van der Waals surface area contributed by atoms with Crippen LogP contribution in [0.15, 0.2) is 145 Å². The van der Waals surface area contributed by atoms with Crippen molar-refractivity contribution in [2.45, 2.75) is 17.8 Å². The van der Waals surface area contributed by atoms with Gasteiger partial charge in [-0.1, -0.05) is 149 Å². The normalized spacial score (nSPS) is 13.2. The minimum Gasteiger partial charge on any atom is -0.230 e. The summed E-state index contributed by atoms with van der Waals surface area (Å²) in [5.41, 5.74) is 10.6. The Morgan fingerprint density at radius 2 is 1.13 bits per heavy atom. The fourth-order valence-corrected chi connectivity index (χ4v) is 5.87. The van der Waals surface area contributed by atoms with E-state index in [-0.39, 0.29) is 0 Å². The van der Waals surface area contributed by atoms with Gasteiger partial charge in [-0.2, -0.15) is 10.7 Å². The lowest BCUT2D eigenvalue weighted by atomic mass is 9.76. The number of nitrogens with zero attached hydrogens (tertiary/aromatic N) is 3. The van der Waals surface area contributed by atoms with Crippen LogP contribution >= 0.6 is 15.9 Å². The van der Waals surface area contributed by atoms with Gasteiger partial charge in [-0.05, 0) is 40.8 Å². The van der Waals surface area contributed by atoms with E-state index in [1.165, 1.54) is 5.56 Å². The highest BCUT2D eigenvalue weighted by atomic mass is 79.9. The van der Waals surface area contributed by atoms with Crippen LogP contribution in [0.1, 0.15) is 29.2 Å². The molecule has 0 saturated heterocycles. The van der Waals surface area contributed by atoms with Crippen LogP contribution in [-0.4, -0.2) is 10.8 Å². The van der Waals surface area contributed by atoms with Gasteiger partial charge in [0.15, 0.2) is 0 Å². The Balaban J connectivity index is 1.61. The molecule has 39 heavy (non-hydrogen) atoms. The Labute approximate surface area is 238 Å². The molecule has 0 unspecified atom stereocenters. The molecule has 6 rings (SSSR count). The largest absolute Gasteiger partial charge is 0.230 e. The molecule has 1 aliphatic rings. The third-order valence-electron chi connectivity index (χ3n) is 7.26. The van der Waals surface area contributed by atoms with Crippen LogP contribution in [0.3, 0.4) is 0 Å². The van der Waals surface area contributed by atoms with Crippen molar-refractivity contribution in [3.05, 3.63) is 162 Å². The maximum Gasteiger partial charge on any atom is 0.145 e. The van der Waals surface area contributed by atoms with Gasteiger partial charge in [-0.25, -0.2) is 5.01 Å². The predicted molar refractivity (Wildman–Crippen MR) is 164 cm³/mol. The average Bonchev–Trinajstić information content (AvgIpc) is 3.40. The fraction of sp³-hybridized carbons (Fsp3) is 0.0882. The summed E-state index contributed by atoms with van der Waals surface area (Å²) in [5.74, 6) is 0.857. The first-order chi connectivity index (χ1) is 19.2. The highest BCUT2D eigenvalue weighted by Gasteiger charge is 2.48. The highest BCUT2D eigenvalue weighted by molar-refractivity contribution is 9.08. The number of hydrogen-bond acceptors (Lipinski definition) is 4. The smallest absolute Gasteiger partial charge is 0.145 e. The molecule has 4 nitrogen and oxygen atoms in total. The number of anilines is 1. The number of halogens is 1. The molecule has 0 bridgehead atoms. The van der Waals surface area contributed by atoms with Gasteiger partial charge < -0.3 is 0 Å². The molecule has 5 aromatic rings. The Morgan fingerprint density at radius 3 is 1.64 bits per heavy atom. The third-order valence-corrected chi connectivity index (χ3v) is 7.90. The van der Waals surface area contributed by atoms with Crippen LogP contribution in [0.2, 0.25) is 0 Å². The number of amidine groups is 1. The number of alkyl halides is 1. The molecule has 0 aliphatic carbocycles. The fourth-order valence-electron chi connectivity index (χ4n) is 5.49. The van der Waals surface area contributed by atoms with Gasteiger partial charge in [0.1, 0.15) is 11.4 Å². The summed E-state index contributed by atoms with van der Waals surface area (Å²) in [4.78, 5) is 0. The zero-order valence-corrected chi connectivity index (χ0v) is 23.3. The Kier molecular flexibility index (Phi) is 6.91. The van der Waals surface area contributed by atoms with E-state index >= 15 is 0 Å². The van der Waals surface area contributed by atoms with E-state index in [1.54, 1.807) is 0 Å². The van der Waals surface area contributed by atoms with Crippen LogP contribution in [0.25, 0.3) is 11.1 Å². The second kappa shape index (κ2) is 10.8. The van der Waals surface area contributed by atoms with E-state index in [1.807, 2.05) is 0 Å². The average molecular weight is 574 g/mol. The predicted octanol–water partition coefficient (Wildman–Crippen LogP) is 8.12. The van der Waals surface area contributed by atoms with Crippen LogP contribution in [0.5, 0.6) is 0 Å². The zero-order chi connectivity index (χ0) is 26.7. The molecule has 0 aromatic heterocycles. The Morgan fingerprint density at radius 1 is 0.641 bits per heavy atom. The van der Waals surface area contributed by atoms with Crippen molar-refractivity contribution in [2.24, 2.45) is 5.10 Å². The molecule has 0 saturated carbocycles. The number of para-hydroxylation sites is 1. The highest BCUT2D eigenvalue weighted by Crippen LogP contribution is 2.46. The van der Waals surface area contributed by atoms with E-state index in [9.17, 15) is 0 Å². The monoisotopic (exact) mass is 572 g/mol. The maximum atomic E-state index is 4.79. The molecule has 1 heterocycles. The van der Waals surface area contributed by atoms with Gasteiger partial charge in [0, 0.05) is 10.9 Å². The molecule has 1 N–H and O–H groups in total. The minimum atomic E-state index is -0.701. The molecule has 5 aromatic carbocycles. The SMILES string of the molecule is CC1=NNN(c2ccccc2-c2ccc(CBr)cc2)N1C(c1ccccc1)(c1ccccc1)c1ccccc1. The molecule has 0 amide bonds. The number of rotatable bonds is 7. The molecular weight excluding hydrogens is 544 g/mol. The summed E-state index contributed by atoms with van der Waals surface area (Å²) in [6.07, 6.45) is 0. The lowest BCUT2D eigenvalue weighted by Gasteiger charge is -2.48. The van der Waals surface area contributed by atoms with Gasteiger partial charge in [0.25, 0.3) is 0 Å². The van der Waals surface area contributed by atoms with Crippen LogP contribution < -0.4 is 10.7 Å². The third kappa shape index (κ3) is 4.39. The van der Waals surface area contributed by atoms with Crippen molar-refractivity contribution >= 4 is 27.5 Å². The van der Waals surface area contributed by atoms with Gasteiger partial charge >= 0.3 is 0 Å². The quantitative estimate of drug-likeness (QED) is 0.158. The minimum absolute atomic E-state index is 0.701. The number of nitrogens with one attached hydrogen (secondary N) is 1. The summed E-state index contributed by atoms with van der Waals surface area (Å²) < 4.78 is 0. The van der Waals surface area contributed by atoms with E-state index in [0.29, 0.717) is 0 Å². The second-order valence-corrected chi connectivity index (χ2v) is 10.1. The molecule has 5 heteroatoms. The van der Waals surface area contributed by atoms with Crippen molar-refractivity contribution in [2.75, 3.05) is 5.12 Å². The Bertz CT molecular complexity index is 1470. The summed E-state index contributed by atoms with van der Waals surface area (Å²) in [6.45, 7) is 2.06. The van der Waals surface area contributed by atoms with Crippen molar-refractivity contribution in [1.82, 2.24) is 10.5 Å². The summed E-state index contributed by atoms with van der Waals surface area (Å²) in [7, 11) is 0. The summed E-state index contributed by atoms with van der Waals surface area (Å²) in [5, 5.41) is 10.0. The van der Waals surface area contributed by atoms with Gasteiger partial charge in [-0.3, -0.25) is 0 Å². The van der Waals surface area contributed by atoms with Gasteiger partial charge in [0.05, 0.1) is 5.69 Å². The first-order valence-electron chi connectivity index (χ1n) is 13.0. The maximum absolute atomic E-state index is 4.79. The number of hydrazine groups is 2. The first-order valence-corrected chi connectivity index (χ1v) is 14.2. The van der Waals surface area contributed by atoms with Crippen molar-refractivity contribution < 1.29 is 0 Å². The molecule has 0 spiro atoms. The summed E-state index contributed by atoms with van der Waals surface area (Å²) in [6, 6.07) is 49.2. The molecule has 192 valence electrons. The number of hydrogen-bond donors (Lipinski definition) is 1. The topological polar surface area (TPSA) is 30.9 Å². The molecular formula is C34H29BrN4. The number of hydrazone groups is 1. The molecule has 0 atom stereocenters. The second-order valence-electron chi connectivity index (χ2n) is 9.54. The molecule has 0 fully saturated rings. The molecule has 1 aliphatic heterocycles. The summed E-state index contributed by atoms with van der Waals surface area (Å²) >= 11 is 3.57. The van der Waals surface area contributed by atoms with Gasteiger partial charge in [0.2, 0.25) is 0 Å². The lowest BCUT2D eigenvalue weighted by Crippen LogP contribution is -2.58. The van der Waals surface area contributed by atoms with E-state index in [2.05, 4.69) is 178 Å². The zero-order valence-electron chi connectivity index (χ0n) is 21.7. The van der Waals surface area contributed by atoms with Crippen molar-refractivity contribution in [3.8, 4) is 11.1 Å². The standard InChI is InChI=1S/C34H29BrN4/c1-26-36-37-39(33-20-12-11-19-32(33)28-23-21-27(25-35)22-24-28)38(26)34(29-13-5-2-6-14-29,30-15-7-3-8-16-30)31-17-9-4-10-18-31/h2-24,37H,25H2,1H3. The van der Waals surface area contributed by atoms with Crippen LogP contribution in [-0.2, 0) is 10.9 Å². The number of benzene rings is 5. The van der Waals surface area contributed by atoms with E-state index in [4.69, 9.17) is 5.10 Å².